The second-order valence-corrected chi connectivity index (χ2v) is 6.15. The fraction of sp³-hybridized carbons (Fsp3) is 0.235. The molecule has 1 aliphatic carbocycles. The monoisotopic (exact) mass is 339 g/mol. The van der Waals surface area contributed by atoms with Crippen LogP contribution in [0.1, 0.15) is 12.8 Å². The molecule has 4 rings (SSSR count). The number of fused-ring (bicyclic) bond motifs is 1. The van der Waals surface area contributed by atoms with Gasteiger partial charge in [0.15, 0.2) is 5.65 Å². The number of aromatic nitrogens is 3. The van der Waals surface area contributed by atoms with Crippen LogP contribution in [0.4, 0.5) is 4.79 Å². The van der Waals surface area contributed by atoms with Gasteiger partial charge < -0.3 is 20.9 Å². The van der Waals surface area contributed by atoms with Crippen molar-refractivity contribution >= 4 is 17.1 Å². The Bertz CT molecular complexity index is 916. The van der Waals surface area contributed by atoms with Crippen LogP contribution in [0.3, 0.4) is 0 Å². The van der Waals surface area contributed by atoms with Gasteiger partial charge in [-0.2, -0.15) is 5.10 Å². The standard InChI is InChI=1S/C17H17N5O3/c18-10-5-11(6-10)20-17(24)25-15-7-14(9-1-3-12(23)4-2-9)21-16-13(15)8-19-22-16/h1-4,7-8,10-11,23H,5-6,18H2,(H,20,24)(H,19,21,22). The van der Waals surface area contributed by atoms with Crippen molar-refractivity contribution in [3.05, 3.63) is 36.5 Å². The number of nitrogens with two attached hydrogens (primary N) is 1. The van der Waals surface area contributed by atoms with Gasteiger partial charge in [-0.05, 0) is 37.1 Å². The zero-order valence-corrected chi connectivity index (χ0v) is 13.3. The topological polar surface area (TPSA) is 126 Å². The first-order valence-corrected chi connectivity index (χ1v) is 7.96. The van der Waals surface area contributed by atoms with Crippen LogP contribution in [-0.2, 0) is 0 Å². The molecule has 0 aliphatic heterocycles. The maximum atomic E-state index is 12.1. The summed E-state index contributed by atoms with van der Waals surface area (Å²) in [6.07, 6.45) is 2.55. The third-order valence-corrected chi connectivity index (χ3v) is 4.25. The third kappa shape index (κ3) is 3.11. The average molecular weight is 339 g/mol. The summed E-state index contributed by atoms with van der Waals surface area (Å²) in [5.41, 5.74) is 7.62. The van der Waals surface area contributed by atoms with E-state index in [-0.39, 0.29) is 17.8 Å². The molecule has 5 N–H and O–H groups in total. The van der Waals surface area contributed by atoms with Gasteiger partial charge in [-0.15, -0.1) is 0 Å². The summed E-state index contributed by atoms with van der Waals surface area (Å²) in [7, 11) is 0. The molecule has 1 fully saturated rings. The lowest BCUT2D eigenvalue weighted by Gasteiger charge is -2.32. The zero-order valence-electron chi connectivity index (χ0n) is 13.3. The van der Waals surface area contributed by atoms with E-state index in [0.717, 1.165) is 18.4 Å². The summed E-state index contributed by atoms with van der Waals surface area (Å²) in [6, 6.07) is 8.49. The fourth-order valence-electron chi connectivity index (χ4n) is 2.84. The van der Waals surface area contributed by atoms with E-state index in [2.05, 4.69) is 20.5 Å². The van der Waals surface area contributed by atoms with Gasteiger partial charge in [0, 0.05) is 23.7 Å². The number of H-pyrrole nitrogens is 1. The number of aromatic hydroxyl groups is 1. The Hall–Kier alpha value is -3.13. The highest BCUT2D eigenvalue weighted by Gasteiger charge is 2.28. The Balaban J connectivity index is 1.62. The van der Waals surface area contributed by atoms with Crippen LogP contribution in [-0.4, -0.2) is 38.5 Å². The van der Waals surface area contributed by atoms with Crippen molar-refractivity contribution in [2.45, 2.75) is 24.9 Å². The van der Waals surface area contributed by atoms with Gasteiger partial charge in [-0.3, -0.25) is 5.10 Å². The number of nitrogens with zero attached hydrogens (tertiary/aromatic N) is 2. The van der Waals surface area contributed by atoms with E-state index in [1.165, 1.54) is 0 Å². The largest absolute Gasteiger partial charge is 0.508 e. The van der Waals surface area contributed by atoms with Crippen molar-refractivity contribution in [3.63, 3.8) is 0 Å². The number of rotatable bonds is 3. The van der Waals surface area contributed by atoms with Crippen LogP contribution in [0.25, 0.3) is 22.3 Å². The molecule has 8 heteroatoms. The predicted molar refractivity (Wildman–Crippen MR) is 91.1 cm³/mol. The van der Waals surface area contributed by atoms with E-state index < -0.39 is 6.09 Å². The highest BCUT2D eigenvalue weighted by molar-refractivity contribution is 5.87. The number of ether oxygens (including phenoxy) is 1. The lowest BCUT2D eigenvalue weighted by molar-refractivity contribution is 0.185. The number of aromatic amines is 1. The molecule has 0 unspecified atom stereocenters. The number of benzene rings is 1. The minimum absolute atomic E-state index is 0.0562. The molecular weight excluding hydrogens is 322 g/mol. The number of phenolic OH excluding ortho intramolecular Hbond substituents is 1. The SMILES string of the molecule is NC1CC(NC(=O)Oc2cc(-c3ccc(O)cc3)nc3[nH]ncc23)C1. The molecule has 0 bridgehead atoms. The molecular formula is C17H17N5O3. The van der Waals surface area contributed by atoms with Crippen molar-refractivity contribution in [1.82, 2.24) is 20.5 Å². The highest BCUT2D eigenvalue weighted by Crippen LogP contribution is 2.30. The van der Waals surface area contributed by atoms with E-state index in [1.54, 1.807) is 36.5 Å². The second kappa shape index (κ2) is 6.06. The first-order chi connectivity index (χ1) is 12.1. The van der Waals surface area contributed by atoms with Crippen molar-refractivity contribution in [3.8, 4) is 22.8 Å². The first-order valence-electron chi connectivity index (χ1n) is 7.96. The number of hydrogen-bond donors (Lipinski definition) is 4. The van der Waals surface area contributed by atoms with Gasteiger partial charge >= 0.3 is 6.09 Å². The zero-order chi connectivity index (χ0) is 17.4. The van der Waals surface area contributed by atoms with Crippen molar-refractivity contribution in [2.75, 3.05) is 0 Å². The minimum Gasteiger partial charge on any atom is -0.508 e. The molecule has 0 radical (unpaired) electrons. The maximum Gasteiger partial charge on any atom is 0.412 e. The normalized spacial score (nSPS) is 19.4. The van der Waals surface area contributed by atoms with Gasteiger partial charge in [-0.1, -0.05) is 0 Å². The molecule has 0 atom stereocenters. The number of phenols is 1. The number of hydrogen-bond acceptors (Lipinski definition) is 6. The Labute approximate surface area is 143 Å². The molecule has 25 heavy (non-hydrogen) atoms. The van der Waals surface area contributed by atoms with E-state index >= 15 is 0 Å². The summed E-state index contributed by atoms with van der Waals surface area (Å²) in [6.45, 7) is 0. The average Bonchev–Trinajstić information content (AvgIpc) is 3.03. The molecule has 2 aromatic heterocycles. The summed E-state index contributed by atoms with van der Waals surface area (Å²) < 4.78 is 5.47. The number of pyridine rings is 1. The first kappa shape index (κ1) is 15.4. The molecule has 1 aliphatic rings. The van der Waals surface area contributed by atoms with E-state index in [1.807, 2.05) is 0 Å². The number of carbonyl (C=O) groups excluding carboxylic acids is 1. The molecule has 128 valence electrons. The van der Waals surface area contributed by atoms with E-state index in [4.69, 9.17) is 10.5 Å². The Morgan fingerprint density at radius 1 is 1.32 bits per heavy atom. The summed E-state index contributed by atoms with van der Waals surface area (Å²) in [5, 5.41) is 19.6. The lowest BCUT2D eigenvalue weighted by Crippen LogP contribution is -2.51. The van der Waals surface area contributed by atoms with Crippen molar-refractivity contribution in [2.24, 2.45) is 5.73 Å². The molecule has 1 amide bonds. The van der Waals surface area contributed by atoms with E-state index in [9.17, 15) is 9.90 Å². The highest BCUT2D eigenvalue weighted by atomic mass is 16.6. The van der Waals surface area contributed by atoms with Crippen LogP contribution >= 0.6 is 0 Å². The predicted octanol–water partition coefficient (Wildman–Crippen LogP) is 1.91. The summed E-state index contributed by atoms with van der Waals surface area (Å²) in [5.74, 6) is 0.531. The summed E-state index contributed by atoms with van der Waals surface area (Å²) >= 11 is 0. The van der Waals surface area contributed by atoms with Gasteiger partial charge in [0.2, 0.25) is 0 Å². The van der Waals surface area contributed by atoms with Crippen LogP contribution in [0.5, 0.6) is 11.5 Å². The van der Waals surface area contributed by atoms with Crippen LogP contribution in [0.15, 0.2) is 36.5 Å². The van der Waals surface area contributed by atoms with Crippen LogP contribution in [0, 0.1) is 0 Å². The molecule has 8 nitrogen and oxygen atoms in total. The molecule has 3 aromatic rings. The van der Waals surface area contributed by atoms with Crippen LogP contribution in [0.2, 0.25) is 0 Å². The molecule has 1 saturated carbocycles. The smallest absolute Gasteiger partial charge is 0.412 e. The van der Waals surface area contributed by atoms with Gasteiger partial charge in [0.05, 0.1) is 17.3 Å². The minimum atomic E-state index is -0.526. The molecule has 1 aromatic carbocycles. The quantitative estimate of drug-likeness (QED) is 0.577. The fourth-order valence-corrected chi connectivity index (χ4v) is 2.84. The Kier molecular flexibility index (Phi) is 3.73. The van der Waals surface area contributed by atoms with Gasteiger partial charge in [-0.25, -0.2) is 9.78 Å². The number of nitrogens with one attached hydrogen (secondary N) is 2. The molecule has 0 spiro atoms. The summed E-state index contributed by atoms with van der Waals surface area (Å²) in [4.78, 5) is 16.6. The van der Waals surface area contributed by atoms with Crippen LogP contribution < -0.4 is 15.8 Å². The third-order valence-electron chi connectivity index (χ3n) is 4.25. The second-order valence-electron chi connectivity index (χ2n) is 6.15. The molecule has 0 saturated heterocycles. The Morgan fingerprint density at radius 2 is 2.08 bits per heavy atom. The Morgan fingerprint density at radius 3 is 2.80 bits per heavy atom. The van der Waals surface area contributed by atoms with E-state index in [0.29, 0.717) is 22.5 Å². The van der Waals surface area contributed by atoms with Gasteiger partial charge in [0.1, 0.15) is 11.5 Å². The van der Waals surface area contributed by atoms with Crippen molar-refractivity contribution < 1.29 is 14.6 Å². The number of carbonyl (C=O) groups is 1. The lowest BCUT2D eigenvalue weighted by atomic mass is 9.88. The maximum absolute atomic E-state index is 12.1. The molecule has 2 heterocycles. The number of amides is 1. The van der Waals surface area contributed by atoms with Crippen molar-refractivity contribution in [1.29, 1.82) is 0 Å². The van der Waals surface area contributed by atoms with Gasteiger partial charge in [0.25, 0.3) is 0 Å².